The molecule has 0 unspecified atom stereocenters. The molecule has 0 aliphatic rings. The van der Waals surface area contributed by atoms with Crippen molar-refractivity contribution in [2.75, 3.05) is 0 Å². The van der Waals surface area contributed by atoms with Crippen LogP contribution in [0.2, 0.25) is 5.15 Å². The van der Waals surface area contributed by atoms with E-state index in [2.05, 4.69) is 15.3 Å². The SMILES string of the molecule is O=C(NCc1cccnc1)c1cccc(Cl)n1. The van der Waals surface area contributed by atoms with Crippen LogP contribution in [0.1, 0.15) is 16.1 Å². The second kappa shape index (κ2) is 5.41. The molecule has 0 fully saturated rings. The van der Waals surface area contributed by atoms with Gasteiger partial charge in [-0.1, -0.05) is 23.7 Å². The monoisotopic (exact) mass is 247 g/mol. The van der Waals surface area contributed by atoms with Crippen molar-refractivity contribution in [3.8, 4) is 0 Å². The molecule has 0 spiro atoms. The van der Waals surface area contributed by atoms with Crippen molar-refractivity contribution in [1.29, 1.82) is 0 Å². The highest BCUT2D eigenvalue weighted by atomic mass is 35.5. The molecule has 0 saturated heterocycles. The number of pyridine rings is 2. The lowest BCUT2D eigenvalue weighted by atomic mass is 10.3. The predicted octanol–water partition coefficient (Wildman–Crippen LogP) is 2.06. The first-order chi connectivity index (χ1) is 8.25. The van der Waals surface area contributed by atoms with Gasteiger partial charge in [-0.15, -0.1) is 0 Å². The van der Waals surface area contributed by atoms with Crippen molar-refractivity contribution >= 4 is 17.5 Å². The minimum atomic E-state index is -0.253. The smallest absolute Gasteiger partial charge is 0.270 e. The highest BCUT2D eigenvalue weighted by Gasteiger charge is 2.06. The molecule has 0 saturated carbocycles. The van der Waals surface area contributed by atoms with Crippen LogP contribution in [0.3, 0.4) is 0 Å². The Kier molecular flexibility index (Phi) is 3.67. The zero-order valence-electron chi connectivity index (χ0n) is 8.93. The van der Waals surface area contributed by atoms with Crippen molar-refractivity contribution in [3.63, 3.8) is 0 Å². The number of halogens is 1. The maximum absolute atomic E-state index is 11.7. The zero-order chi connectivity index (χ0) is 12.1. The molecule has 1 amide bonds. The van der Waals surface area contributed by atoms with E-state index < -0.39 is 0 Å². The van der Waals surface area contributed by atoms with Crippen molar-refractivity contribution in [1.82, 2.24) is 15.3 Å². The minimum Gasteiger partial charge on any atom is -0.347 e. The van der Waals surface area contributed by atoms with Gasteiger partial charge in [0, 0.05) is 18.9 Å². The van der Waals surface area contributed by atoms with E-state index in [0.717, 1.165) is 5.56 Å². The highest BCUT2D eigenvalue weighted by molar-refractivity contribution is 6.29. The fourth-order valence-electron chi connectivity index (χ4n) is 1.31. The molecule has 1 N–H and O–H groups in total. The quantitative estimate of drug-likeness (QED) is 0.845. The van der Waals surface area contributed by atoms with Crippen LogP contribution < -0.4 is 5.32 Å². The maximum Gasteiger partial charge on any atom is 0.270 e. The molecule has 2 aromatic rings. The Balaban J connectivity index is 1.98. The number of carbonyl (C=O) groups excluding carboxylic acids is 1. The van der Waals surface area contributed by atoms with Gasteiger partial charge >= 0.3 is 0 Å². The van der Waals surface area contributed by atoms with E-state index in [-0.39, 0.29) is 5.91 Å². The van der Waals surface area contributed by atoms with E-state index in [1.807, 2.05) is 12.1 Å². The highest BCUT2D eigenvalue weighted by Crippen LogP contribution is 2.05. The van der Waals surface area contributed by atoms with Gasteiger partial charge in [0.1, 0.15) is 10.8 Å². The summed E-state index contributed by atoms with van der Waals surface area (Å²) in [5, 5.41) is 3.05. The number of amides is 1. The normalized spacial score (nSPS) is 9.94. The summed E-state index contributed by atoms with van der Waals surface area (Å²) in [6.07, 6.45) is 3.38. The summed E-state index contributed by atoms with van der Waals surface area (Å²) in [6, 6.07) is 8.63. The van der Waals surface area contributed by atoms with Crippen LogP contribution in [-0.2, 0) is 6.54 Å². The Morgan fingerprint density at radius 1 is 1.29 bits per heavy atom. The first-order valence-corrected chi connectivity index (χ1v) is 5.43. The molecule has 17 heavy (non-hydrogen) atoms. The number of carbonyl (C=O) groups is 1. The molecule has 2 aromatic heterocycles. The van der Waals surface area contributed by atoms with Gasteiger partial charge in [0.15, 0.2) is 0 Å². The first-order valence-electron chi connectivity index (χ1n) is 5.05. The molecule has 0 aliphatic carbocycles. The van der Waals surface area contributed by atoms with Crippen molar-refractivity contribution < 1.29 is 4.79 Å². The number of hydrogen-bond acceptors (Lipinski definition) is 3. The largest absolute Gasteiger partial charge is 0.347 e. The van der Waals surface area contributed by atoms with E-state index in [4.69, 9.17) is 11.6 Å². The number of nitrogens with one attached hydrogen (secondary N) is 1. The van der Waals surface area contributed by atoms with Crippen LogP contribution in [0, 0.1) is 0 Å². The average molecular weight is 248 g/mol. The van der Waals surface area contributed by atoms with Gasteiger partial charge in [0.25, 0.3) is 5.91 Å². The Morgan fingerprint density at radius 3 is 2.88 bits per heavy atom. The minimum absolute atomic E-state index is 0.253. The number of hydrogen-bond donors (Lipinski definition) is 1. The summed E-state index contributed by atoms with van der Waals surface area (Å²) in [6.45, 7) is 0.418. The lowest BCUT2D eigenvalue weighted by molar-refractivity contribution is 0.0946. The Hall–Kier alpha value is -1.94. The van der Waals surface area contributed by atoms with Crippen LogP contribution >= 0.6 is 11.6 Å². The third-order valence-corrected chi connectivity index (χ3v) is 2.33. The summed E-state index contributed by atoms with van der Waals surface area (Å²) in [7, 11) is 0. The van der Waals surface area contributed by atoms with Gasteiger partial charge in [-0.2, -0.15) is 0 Å². The topological polar surface area (TPSA) is 54.9 Å². The van der Waals surface area contributed by atoms with Gasteiger partial charge in [-0.05, 0) is 23.8 Å². The predicted molar refractivity (Wildman–Crippen MR) is 64.7 cm³/mol. The lowest BCUT2D eigenvalue weighted by Crippen LogP contribution is -2.23. The van der Waals surface area contributed by atoms with E-state index in [1.54, 1.807) is 30.6 Å². The van der Waals surface area contributed by atoms with E-state index >= 15 is 0 Å². The molecule has 0 aliphatic heterocycles. The number of aromatic nitrogens is 2. The zero-order valence-corrected chi connectivity index (χ0v) is 9.69. The number of nitrogens with zero attached hydrogens (tertiary/aromatic N) is 2. The third kappa shape index (κ3) is 3.26. The van der Waals surface area contributed by atoms with Gasteiger partial charge in [0.05, 0.1) is 0 Å². The summed E-state index contributed by atoms with van der Waals surface area (Å²) >= 11 is 5.70. The average Bonchev–Trinajstić information content (AvgIpc) is 2.37. The summed E-state index contributed by atoms with van der Waals surface area (Å²) in [5.41, 5.74) is 1.24. The molecule has 86 valence electrons. The second-order valence-electron chi connectivity index (χ2n) is 3.39. The summed E-state index contributed by atoms with van der Waals surface area (Å²) in [4.78, 5) is 19.6. The van der Waals surface area contributed by atoms with Gasteiger partial charge in [-0.25, -0.2) is 4.98 Å². The fourth-order valence-corrected chi connectivity index (χ4v) is 1.47. The molecule has 0 radical (unpaired) electrons. The second-order valence-corrected chi connectivity index (χ2v) is 3.78. The van der Waals surface area contributed by atoms with Gasteiger partial charge < -0.3 is 5.32 Å². The van der Waals surface area contributed by atoms with Crippen molar-refractivity contribution in [2.24, 2.45) is 0 Å². The molecule has 4 nitrogen and oxygen atoms in total. The molecular weight excluding hydrogens is 238 g/mol. The number of rotatable bonds is 3. The van der Waals surface area contributed by atoms with Crippen molar-refractivity contribution in [2.45, 2.75) is 6.54 Å². The van der Waals surface area contributed by atoms with Crippen LogP contribution in [0.4, 0.5) is 0 Å². The molecule has 0 atom stereocenters. The molecular formula is C12H10ClN3O. The fraction of sp³-hybridized carbons (Fsp3) is 0.0833. The third-order valence-electron chi connectivity index (χ3n) is 2.12. The Labute approximate surface area is 104 Å². The molecule has 2 heterocycles. The molecule has 0 bridgehead atoms. The molecule has 5 heteroatoms. The van der Waals surface area contributed by atoms with E-state index in [9.17, 15) is 4.79 Å². The van der Waals surface area contributed by atoms with E-state index in [1.165, 1.54) is 0 Å². The molecule has 2 rings (SSSR count). The van der Waals surface area contributed by atoms with Crippen LogP contribution in [0.25, 0.3) is 0 Å². The van der Waals surface area contributed by atoms with Crippen LogP contribution in [0.15, 0.2) is 42.7 Å². The van der Waals surface area contributed by atoms with Crippen LogP contribution in [-0.4, -0.2) is 15.9 Å². The maximum atomic E-state index is 11.7. The van der Waals surface area contributed by atoms with Crippen LogP contribution in [0.5, 0.6) is 0 Å². The molecule has 0 aromatic carbocycles. The summed E-state index contributed by atoms with van der Waals surface area (Å²) < 4.78 is 0. The van der Waals surface area contributed by atoms with E-state index in [0.29, 0.717) is 17.4 Å². The Morgan fingerprint density at radius 2 is 2.18 bits per heavy atom. The summed E-state index contributed by atoms with van der Waals surface area (Å²) in [5.74, 6) is -0.253. The standard InChI is InChI=1S/C12H10ClN3O/c13-11-5-1-4-10(16-11)12(17)15-8-9-3-2-6-14-7-9/h1-7H,8H2,(H,15,17). The first kappa shape index (κ1) is 11.5. The van der Waals surface area contributed by atoms with Gasteiger partial charge in [0.2, 0.25) is 0 Å². The van der Waals surface area contributed by atoms with Crippen molar-refractivity contribution in [3.05, 3.63) is 59.1 Å². The Bertz CT molecular complexity index is 516. The lowest BCUT2D eigenvalue weighted by Gasteiger charge is -2.04. The van der Waals surface area contributed by atoms with Gasteiger partial charge in [-0.3, -0.25) is 9.78 Å².